The highest BCUT2D eigenvalue weighted by Gasteiger charge is 2.48. The third-order valence-corrected chi connectivity index (χ3v) is 5.22. The van der Waals surface area contributed by atoms with E-state index in [1.807, 2.05) is 18.2 Å². The van der Waals surface area contributed by atoms with E-state index in [4.69, 9.17) is 11.6 Å². The van der Waals surface area contributed by atoms with Gasteiger partial charge in [0.2, 0.25) is 11.8 Å². The van der Waals surface area contributed by atoms with Crippen LogP contribution < -0.4 is 4.90 Å². The van der Waals surface area contributed by atoms with E-state index in [9.17, 15) is 14.4 Å². The molecular formula is C21H16ClNO3. The summed E-state index contributed by atoms with van der Waals surface area (Å²) >= 11 is 6.10. The Labute approximate surface area is 156 Å². The number of hydrogen-bond donors (Lipinski definition) is 0. The van der Waals surface area contributed by atoms with Crippen molar-refractivity contribution in [3.05, 3.63) is 76.8 Å². The van der Waals surface area contributed by atoms with Gasteiger partial charge in [-0.3, -0.25) is 14.4 Å². The number of anilines is 1. The molecule has 2 amide bonds. The molecule has 0 aromatic heterocycles. The first kappa shape index (κ1) is 16.7. The quantitative estimate of drug-likeness (QED) is 0.469. The molecule has 4 rings (SSSR count). The third-order valence-electron chi connectivity index (χ3n) is 4.99. The third kappa shape index (κ3) is 2.67. The lowest BCUT2D eigenvalue weighted by Crippen LogP contribution is -2.32. The van der Waals surface area contributed by atoms with Crippen molar-refractivity contribution < 1.29 is 14.4 Å². The van der Waals surface area contributed by atoms with E-state index < -0.39 is 0 Å². The summed E-state index contributed by atoms with van der Waals surface area (Å²) in [6.45, 7) is 0. The Morgan fingerprint density at radius 1 is 0.923 bits per heavy atom. The molecule has 0 spiro atoms. The number of carbonyl (C=O) groups excluding carboxylic acids is 3. The maximum Gasteiger partial charge on any atom is 0.238 e. The zero-order valence-corrected chi connectivity index (χ0v) is 14.6. The molecule has 0 N–H and O–H groups in total. The summed E-state index contributed by atoms with van der Waals surface area (Å²) < 4.78 is 0. The Morgan fingerprint density at radius 3 is 2.15 bits per heavy atom. The van der Waals surface area contributed by atoms with E-state index in [2.05, 4.69) is 0 Å². The fourth-order valence-electron chi connectivity index (χ4n) is 3.67. The lowest BCUT2D eigenvalue weighted by atomic mass is 9.85. The molecule has 2 aromatic carbocycles. The van der Waals surface area contributed by atoms with Crippen molar-refractivity contribution in [2.75, 3.05) is 4.90 Å². The molecule has 0 radical (unpaired) electrons. The number of carbonyl (C=O) groups is 3. The van der Waals surface area contributed by atoms with Gasteiger partial charge in [0.1, 0.15) is 0 Å². The molecule has 1 saturated heterocycles. The topological polar surface area (TPSA) is 54.5 Å². The molecule has 1 aliphatic heterocycles. The molecule has 4 nitrogen and oxygen atoms in total. The molecule has 1 fully saturated rings. The van der Waals surface area contributed by atoms with Crippen molar-refractivity contribution >= 4 is 34.9 Å². The number of rotatable bonds is 3. The summed E-state index contributed by atoms with van der Waals surface area (Å²) in [6.07, 6.45) is 4.99. The van der Waals surface area contributed by atoms with Crippen LogP contribution in [0, 0.1) is 11.8 Å². The molecule has 0 bridgehead atoms. The fourth-order valence-corrected chi connectivity index (χ4v) is 3.84. The minimum absolute atomic E-state index is 0.242. The molecule has 1 heterocycles. The Hall–Kier alpha value is -2.72. The molecule has 0 saturated carbocycles. The average molecular weight is 366 g/mol. The van der Waals surface area contributed by atoms with Crippen LogP contribution in [0.3, 0.4) is 0 Å². The number of imide groups is 1. The van der Waals surface area contributed by atoms with Crippen LogP contribution in [0.25, 0.3) is 0 Å². The molecule has 130 valence electrons. The zero-order valence-electron chi connectivity index (χ0n) is 13.9. The van der Waals surface area contributed by atoms with Crippen molar-refractivity contribution in [1.29, 1.82) is 0 Å². The second-order valence-corrected chi connectivity index (χ2v) is 6.96. The summed E-state index contributed by atoms with van der Waals surface area (Å²) in [5.41, 5.74) is 1.05. The number of amides is 2. The van der Waals surface area contributed by atoms with Crippen molar-refractivity contribution in [2.24, 2.45) is 11.8 Å². The summed E-state index contributed by atoms with van der Waals surface area (Å²) in [5, 5.41) is 0.381. The standard InChI is InChI=1S/C21H16ClNO3/c22-14-10-11-18(17(12-14)19(24)13-6-2-1-3-7-13)23-20(25)15-8-4-5-9-16(15)21(23)26/h1-7,10-12,15-16H,8-9H2. The largest absolute Gasteiger partial charge is 0.289 e. The molecule has 1 aliphatic carbocycles. The monoisotopic (exact) mass is 365 g/mol. The summed E-state index contributed by atoms with van der Waals surface area (Å²) in [7, 11) is 0. The van der Waals surface area contributed by atoms with E-state index in [0.29, 0.717) is 29.1 Å². The van der Waals surface area contributed by atoms with Crippen LogP contribution in [-0.4, -0.2) is 17.6 Å². The predicted molar refractivity (Wildman–Crippen MR) is 99.2 cm³/mol. The number of allylic oxidation sites excluding steroid dienone is 2. The lowest BCUT2D eigenvalue weighted by molar-refractivity contribution is -0.122. The zero-order chi connectivity index (χ0) is 18.3. The first-order valence-corrected chi connectivity index (χ1v) is 8.88. The second-order valence-electron chi connectivity index (χ2n) is 6.52. The van der Waals surface area contributed by atoms with Gasteiger partial charge in [-0.25, -0.2) is 4.90 Å². The normalized spacial score (nSPS) is 21.8. The van der Waals surface area contributed by atoms with E-state index in [-0.39, 0.29) is 35.0 Å². The Bertz CT molecular complexity index is 910. The first-order chi connectivity index (χ1) is 12.6. The van der Waals surface area contributed by atoms with Gasteiger partial charge in [-0.2, -0.15) is 0 Å². The van der Waals surface area contributed by atoms with Crippen LogP contribution in [0.4, 0.5) is 5.69 Å². The Kier molecular flexibility index (Phi) is 4.21. The van der Waals surface area contributed by atoms with Crippen LogP contribution >= 0.6 is 11.6 Å². The van der Waals surface area contributed by atoms with Gasteiger partial charge in [0.05, 0.1) is 17.5 Å². The van der Waals surface area contributed by atoms with Crippen LogP contribution in [0.1, 0.15) is 28.8 Å². The summed E-state index contributed by atoms with van der Waals surface area (Å²) in [5.74, 6) is -1.44. The van der Waals surface area contributed by atoms with Gasteiger partial charge in [0, 0.05) is 16.1 Å². The van der Waals surface area contributed by atoms with Crippen LogP contribution in [-0.2, 0) is 9.59 Å². The van der Waals surface area contributed by atoms with Gasteiger partial charge >= 0.3 is 0 Å². The fraction of sp³-hybridized carbons (Fsp3) is 0.190. The van der Waals surface area contributed by atoms with Crippen molar-refractivity contribution in [1.82, 2.24) is 0 Å². The van der Waals surface area contributed by atoms with Crippen LogP contribution in [0.5, 0.6) is 0 Å². The average Bonchev–Trinajstić information content (AvgIpc) is 2.93. The smallest absolute Gasteiger partial charge is 0.238 e. The molecular weight excluding hydrogens is 350 g/mol. The van der Waals surface area contributed by atoms with Gasteiger partial charge in [-0.05, 0) is 31.0 Å². The molecule has 2 atom stereocenters. The van der Waals surface area contributed by atoms with Gasteiger partial charge in [-0.1, -0.05) is 54.1 Å². The predicted octanol–water partition coefficient (Wildman–Crippen LogP) is 4.03. The van der Waals surface area contributed by atoms with E-state index in [0.717, 1.165) is 0 Å². The lowest BCUT2D eigenvalue weighted by Gasteiger charge is -2.18. The highest BCUT2D eigenvalue weighted by atomic mass is 35.5. The minimum Gasteiger partial charge on any atom is -0.289 e. The molecule has 2 aromatic rings. The minimum atomic E-state index is -0.345. The first-order valence-electron chi connectivity index (χ1n) is 8.50. The summed E-state index contributed by atoms with van der Waals surface area (Å²) in [6, 6.07) is 13.5. The Balaban J connectivity index is 1.79. The summed E-state index contributed by atoms with van der Waals surface area (Å²) in [4.78, 5) is 39.9. The van der Waals surface area contributed by atoms with Gasteiger partial charge in [0.25, 0.3) is 0 Å². The van der Waals surface area contributed by atoms with Crippen LogP contribution in [0.15, 0.2) is 60.7 Å². The molecule has 26 heavy (non-hydrogen) atoms. The van der Waals surface area contributed by atoms with E-state index >= 15 is 0 Å². The number of fused-ring (bicyclic) bond motifs is 1. The highest BCUT2D eigenvalue weighted by Crippen LogP contribution is 2.39. The number of halogens is 1. The molecule has 2 unspecified atom stereocenters. The van der Waals surface area contributed by atoms with Gasteiger partial charge in [0.15, 0.2) is 5.78 Å². The second kappa shape index (κ2) is 6.54. The van der Waals surface area contributed by atoms with Gasteiger partial charge < -0.3 is 0 Å². The van der Waals surface area contributed by atoms with E-state index in [1.165, 1.54) is 11.0 Å². The Morgan fingerprint density at radius 2 is 1.54 bits per heavy atom. The number of benzene rings is 2. The van der Waals surface area contributed by atoms with Gasteiger partial charge in [-0.15, -0.1) is 0 Å². The van der Waals surface area contributed by atoms with Crippen molar-refractivity contribution in [3.8, 4) is 0 Å². The van der Waals surface area contributed by atoms with Crippen molar-refractivity contribution in [3.63, 3.8) is 0 Å². The molecule has 2 aliphatic rings. The number of ketones is 1. The maximum absolute atomic E-state index is 13.0. The van der Waals surface area contributed by atoms with Crippen molar-refractivity contribution in [2.45, 2.75) is 12.8 Å². The highest BCUT2D eigenvalue weighted by molar-refractivity contribution is 6.32. The number of hydrogen-bond acceptors (Lipinski definition) is 3. The van der Waals surface area contributed by atoms with Crippen LogP contribution in [0.2, 0.25) is 5.02 Å². The number of nitrogens with zero attached hydrogens (tertiary/aromatic N) is 1. The maximum atomic E-state index is 13.0. The SMILES string of the molecule is O=C(c1ccccc1)c1cc(Cl)ccc1N1C(=O)C2CC=CCC2C1=O. The molecule has 5 heteroatoms. The van der Waals surface area contributed by atoms with E-state index in [1.54, 1.807) is 36.4 Å².